The molecule has 0 atom stereocenters. The second-order valence-corrected chi connectivity index (χ2v) is 5.35. The Morgan fingerprint density at radius 3 is 2.63 bits per heavy atom. The standard InChI is InChI=1S/C15H18N2OS/c1-17-9-12-4-2-3-5-14(12)19-15-7-6-11(10-18)8-13(15)16/h2-8,17-18H,9-10,16H2,1H3/i1-1. The third-order valence-electron chi connectivity index (χ3n) is 2.82. The van der Waals surface area contributed by atoms with Gasteiger partial charge in [-0.2, -0.15) is 0 Å². The highest BCUT2D eigenvalue weighted by Gasteiger charge is 2.06. The van der Waals surface area contributed by atoms with Crippen molar-refractivity contribution >= 4 is 17.4 Å². The lowest BCUT2D eigenvalue weighted by molar-refractivity contribution is 0.282. The minimum atomic E-state index is 0.0193. The summed E-state index contributed by atoms with van der Waals surface area (Å²) in [6.45, 7) is 0.850. The van der Waals surface area contributed by atoms with Gasteiger partial charge in [-0.15, -0.1) is 0 Å². The van der Waals surface area contributed by atoms with Crippen molar-refractivity contribution in [3.05, 3.63) is 53.6 Å². The first kappa shape index (κ1) is 13.9. The number of rotatable bonds is 5. The summed E-state index contributed by atoms with van der Waals surface area (Å²) in [5.41, 5.74) is 8.81. The van der Waals surface area contributed by atoms with E-state index in [9.17, 15) is 0 Å². The zero-order valence-corrected chi connectivity index (χ0v) is 11.7. The molecule has 0 aliphatic carbocycles. The van der Waals surface area contributed by atoms with Crippen molar-refractivity contribution in [1.29, 1.82) is 0 Å². The second-order valence-electron chi connectivity index (χ2n) is 4.27. The molecule has 0 aliphatic rings. The zero-order chi connectivity index (χ0) is 13.7. The molecule has 4 N–H and O–H groups in total. The fraction of sp³-hybridized carbons (Fsp3) is 0.200. The molecule has 2 aromatic rings. The van der Waals surface area contributed by atoms with Crippen LogP contribution in [-0.4, -0.2) is 12.2 Å². The van der Waals surface area contributed by atoms with Gasteiger partial charge in [0.1, 0.15) is 0 Å². The molecule has 0 heterocycles. The predicted molar refractivity (Wildman–Crippen MR) is 80.1 cm³/mol. The molecule has 0 saturated heterocycles. The molecule has 0 bridgehead atoms. The van der Waals surface area contributed by atoms with Crippen molar-refractivity contribution in [3.8, 4) is 0 Å². The van der Waals surface area contributed by atoms with E-state index in [2.05, 4.69) is 17.4 Å². The van der Waals surface area contributed by atoms with Gasteiger partial charge in [0.15, 0.2) is 0 Å². The minimum absolute atomic E-state index is 0.0193. The van der Waals surface area contributed by atoms with Crippen molar-refractivity contribution in [2.24, 2.45) is 0 Å². The predicted octanol–water partition coefficient (Wildman–Crippen LogP) is 2.63. The highest BCUT2D eigenvalue weighted by molar-refractivity contribution is 7.99. The van der Waals surface area contributed by atoms with E-state index in [0.29, 0.717) is 5.69 Å². The summed E-state index contributed by atoms with van der Waals surface area (Å²) in [5.74, 6) is 0. The molecule has 19 heavy (non-hydrogen) atoms. The van der Waals surface area contributed by atoms with Crippen molar-refractivity contribution in [1.82, 2.24) is 5.32 Å². The molecule has 0 unspecified atom stereocenters. The lowest BCUT2D eigenvalue weighted by Gasteiger charge is -2.11. The van der Waals surface area contributed by atoms with Gasteiger partial charge in [0, 0.05) is 22.0 Å². The summed E-state index contributed by atoms with van der Waals surface area (Å²) in [5, 5.41) is 12.3. The monoisotopic (exact) mass is 273 g/mol. The Bertz CT molecular complexity index is 558. The van der Waals surface area contributed by atoms with Gasteiger partial charge in [-0.1, -0.05) is 36.0 Å². The maximum Gasteiger partial charge on any atom is 0.0682 e. The molecule has 0 saturated carbocycles. The van der Waals surface area contributed by atoms with Gasteiger partial charge in [-0.05, 0) is 36.4 Å². The van der Waals surface area contributed by atoms with Gasteiger partial charge in [-0.3, -0.25) is 0 Å². The number of aliphatic hydroxyl groups is 1. The molecule has 0 spiro atoms. The molecular formula is C15H18N2OS. The van der Waals surface area contributed by atoms with Crippen molar-refractivity contribution in [3.63, 3.8) is 0 Å². The quantitative estimate of drug-likeness (QED) is 0.733. The Balaban J connectivity index is 2.26. The first-order chi connectivity index (χ1) is 9.24. The van der Waals surface area contributed by atoms with Crippen LogP contribution in [0.25, 0.3) is 0 Å². The normalized spacial score (nSPS) is 10.6. The first-order valence-electron chi connectivity index (χ1n) is 6.14. The maximum atomic E-state index is 9.09. The van der Waals surface area contributed by atoms with E-state index in [1.807, 2.05) is 37.4 Å². The third-order valence-corrected chi connectivity index (χ3v) is 4.03. The lowest BCUT2D eigenvalue weighted by atomic mass is 10.2. The number of benzene rings is 2. The summed E-state index contributed by atoms with van der Waals surface area (Å²) in [4.78, 5) is 2.21. The largest absolute Gasteiger partial charge is 0.398 e. The summed E-state index contributed by atoms with van der Waals surface area (Å²) in [7, 11) is 1.94. The summed E-state index contributed by atoms with van der Waals surface area (Å²) < 4.78 is 0. The van der Waals surface area contributed by atoms with E-state index in [1.165, 1.54) is 10.5 Å². The van der Waals surface area contributed by atoms with Crippen molar-refractivity contribution < 1.29 is 5.11 Å². The van der Waals surface area contributed by atoms with E-state index >= 15 is 0 Å². The van der Waals surface area contributed by atoms with E-state index < -0.39 is 0 Å². The number of nitrogens with one attached hydrogen (secondary N) is 1. The van der Waals surface area contributed by atoms with Gasteiger partial charge in [0.05, 0.1) is 6.61 Å². The average Bonchev–Trinajstić information content (AvgIpc) is 2.43. The summed E-state index contributed by atoms with van der Waals surface area (Å²) in [6.07, 6.45) is 0. The smallest absolute Gasteiger partial charge is 0.0682 e. The minimum Gasteiger partial charge on any atom is -0.398 e. The Morgan fingerprint density at radius 2 is 1.95 bits per heavy atom. The number of aliphatic hydroxyl groups excluding tert-OH is 1. The molecule has 0 radical (unpaired) electrons. The number of hydrogen-bond acceptors (Lipinski definition) is 4. The molecular weight excluding hydrogens is 255 g/mol. The van der Waals surface area contributed by atoms with Gasteiger partial charge in [0.25, 0.3) is 0 Å². The SMILES string of the molecule is [11CH3]NCc1ccccc1Sc1ccc(CO)cc1N. The maximum absolute atomic E-state index is 9.09. The van der Waals surface area contributed by atoms with Crippen LogP contribution < -0.4 is 11.1 Å². The molecule has 0 aromatic heterocycles. The Hall–Kier alpha value is -1.49. The molecule has 2 rings (SSSR count). The Labute approximate surface area is 117 Å². The van der Waals surface area contributed by atoms with E-state index in [1.54, 1.807) is 11.8 Å². The number of nitrogen functional groups attached to an aromatic ring is 1. The lowest BCUT2D eigenvalue weighted by Crippen LogP contribution is -2.05. The first-order valence-corrected chi connectivity index (χ1v) is 6.96. The van der Waals surface area contributed by atoms with Gasteiger partial charge < -0.3 is 16.2 Å². The van der Waals surface area contributed by atoms with Crippen molar-refractivity contribution in [2.75, 3.05) is 12.8 Å². The highest BCUT2D eigenvalue weighted by Crippen LogP contribution is 2.34. The zero-order valence-electron chi connectivity index (χ0n) is 10.9. The highest BCUT2D eigenvalue weighted by atomic mass is 32.2. The van der Waals surface area contributed by atoms with E-state index in [4.69, 9.17) is 10.8 Å². The van der Waals surface area contributed by atoms with E-state index in [-0.39, 0.29) is 6.61 Å². The fourth-order valence-electron chi connectivity index (χ4n) is 1.85. The number of nitrogens with two attached hydrogens (primary N) is 1. The van der Waals surface area contributed by atoms with Crippen LogP contribution in [0.2, 0.25) is 0 Å². The summed E-state index contributed by atoms with van der Waals surface area (Å²) >= 11 is 1.65. The Morgan fingerprint density at radius 1 is 1.16 bits per heavy atom. The number of anilines is 1. The second kappa shape index (κ2) is 6.61. The van der Waals surface area contributed by atoms with Crippen LogP contribution in [0.4, 0.5) is 5.69 Å². The molecule has 0 fully saturated rings. The molecule has 4 heteroatoms. The molecule has 2 aromatic carbocycles. The van der Waals surface area contributed by atoms with Gasteiger partial charge in [0.2, 0.25) is 0 Å². The van der Waals surface area contributed by atoms with Crippen LogP contribution in [0.1, 0.15) is 11.1 Å². The van der Waals surface area contributed by atoms with Crippen LogP contribution in [0.15, 0.2) is 52.3 Å². The number of hydrogen-bond donors (Lipinski definition) is 3. The fourth-order valence-corrected chi connectivity index (χ4v) is 2.82. The molecule has 3 nitrogen and oxygen atoms in total. The van der Waals surface area contributed by atoms with Crippen molar-refractivity contribution in [2.45, 2.75) is 22.9 Å². The van der Waals surface area contributed by atoms with Crippen LogP contribution in [0.5, 0.6) is 0 Å². The Kier molecular flexibility index (Phi) is 4.85. The third kappa shape index (κ3) is 3.50. The summed E-state index contributed by atoms with van der Waals surface area (Å²) in [6, 6.07) is 14.0. The van der Waals surface area contributed by atoms with Crippen LogP contribution in [-0.2, 0) is 13.2 Å². The van der Waals surface area contributed by atoms with Gasteiger partial charge >= 0.3 is 0 Å². The average molecular weight is 273 g/mol. The van der Waals surface area contributed by atoms with Crippen LogP contribution >= 0.6 is 11.8 Å². The van der Waals surface area contributed by atoms with Crippen LogP contribution in [0.3, 0.4) is 0 Å². The van der Waals surface area contributed by atoms with Gasteiger partial charge in [-0.25, -0.2) is 0 Å². The topological polar surface area (TPSA) is 58.3 Å². The van der Waals surface area contributed by atoms with E-state index in [0.717, 1.165) is 17.0 Å². The molecule has 0 aliphatic heterocycles. The van der Waals surface area contributed by atoms with Crippen LogP contribution in [0, 0.1) is 0 Å². The molecule has 0 amide bonds. The molecule has 100 valence electrons.